The Morgan fingerprint density at radius 3 is 1.91 bits per heavy atom. The minimum Gasteiger partial charge on any atom is -0.306 e. The third-order valence-corrected chi connectivity index (χ3v) is 3.24. The summed E-state index contributed by atoms with van der Waals surface area (Å²) in [5, 5.41) is 0. The van der Waals surface area contributed by atoms with Gasteiger partial charge in [0.1, 0.15) is 6.98 Å². The van der Waals surface area contributed by atoms with Gasteiger partial charge in [-0.25, -0.2) is 0 Å². The van der Waals surface area contributed by atoms with Gasteiger partial charge >= 0.3 is 0 Å². The van der Waals surface area contributed by atoms with Crippen molar-refractivity contribution in [3.8, 4) is 0 Å². The molecule has 0 aromatic heterocycles. The van der Waals surface area contributed by atoms with Crippen molar-refractivity contribution in [2.45, 2.75) is 0 Å². The normalized spacial score (nSPS) is 9.45. The molecule has 0 saturated heterocycles. The first-order valence-electron chi connectivity index (χ1n) is 2.91. The fourth-order valence-corrected chi connectivity index (χ4v) is 2.33. The van der Waals surface area contributed by atoms with Crippen LogP contribution in [0.25, 0.3) is 0 Å². The van der Waals surface area contributed by atoms with Gasteiger partial charge in [0.15, 0.2) is 0 Å². The van der Waals surface area contributed by atoms with Crippen molar-refractivity contribution in [3.63, 3.8) is 0 Å². The van der Waals surface area contributed by atoms with Crippen LogP contribution in [-0.4, -0.2) is 13.2 Å². The summed E-state index contributed by atoms with van der Waals surface area (Å²) in [6.07, 6.45) is 3.41. The summed E-state index contributed by atoms with van der Waals surface area (Å²) in [5.41, 5.74) is 0. The molecule has 1 radical (unpaired) electrons. The molecule has 0 aliphatic heterocycles. The molecule has 5 heteroatoms. The van der Waals surface area contributed by atoms with E-state index in [1.165, 1.54) is 23.3 Å². The highest BCUT2D eigenvalue weighted by molar-refractivity contribution is 8.79. The lowest BCUT2D eigenvalue weighted by Crippen LogP contribution is -1.75. The number of hydrogen-bond acceptors (Lipinski definition) is 4. The quantitative estimate of drug-likeness (QED) is 0.263. The zero-order valence-electron chi connectivity index (χ0n) is 6.06. The van der Waals surface area contributed by atoms with Crippen molar-refractivity contribution in [2.75, 3.05) is 13.2 Å². The van der Waals surface area contributed by atoms with E-state index >= 15 is 0 Å². The number of rotatable bonds is 8. The van der Waals surface area contributed by atoms with E-state index < -0.39 is 0 Å². The molecule has 0 fully saturated rings. The maximum Gasteiger partial charge on any atom is 0.123 e. The van der Waals surface area contributed by atoms with Gasteiger partial charge in [0, 0.05) is 23.3 Å². The van der Waals surface area contributed by atoms with Crippen LogP contribution in [0.3, 0.4) is 0 Å². The zero-order valence-corrected chi connectivity index (χ0v) is 8.59. The topological polar surface area (TPSA) is 18.5 Å². The third kappa shape index (κ3) is 10.5. The molecular weight excluding hydrogens is 199 g/mol. The molecule has 0 aliphatic carbocycles. The van der Waals surface area contributed by atoms with E-state index in [0.717, 1.165) is 6.98 Å². The van der Waals surface area contributed by atoms with Crippen molar-refractivity contribution in [3.05, 3.63) is 25.3 Å². The molecule has 11 heavy (non-hydrogen) atoms. The van der Waals surface area contributed by atoms with E-state index in [-0.39, 0.29) is 0 Å². The molecule has 0 unspecified atom stereocenters. The molecule has 0 amide bonds. The van der Waals surface area contributed by atoms with Crippen LogP contribution >= 0.6 is 30.3 Å². The van der Waals surface area contributed by atoms with Crippen LogP contribution < -0.4 is 0 Å². The predicted octanol–water partition coefficient (Wildman–Crippen LogP) is 3.46. The molecule has 0 rings (SSSR count). The van der Waals surface area contributed by atoms with Gasteiger partial charge < -0.3 is 8.37 Å². The largest absolute Gasteiger partial charge is 0.306 e. The van der Waals surface area contributed by atoms with Gasteiger partial charge in [0.2, 0.25) is 0 Å². The maximum atomic E-state index is 5.02. The number of hydrogen-bond donors (Lipinski definition) is 0. The monoisotopic (exact) mass is 209 g/mol. The Labute approximate surface area is 77.5 Å². The van der Waals surface area contributed by atoms with Crippen LogP contribution in [0.4, 0.5) is 0 Å². The minimum absolute atomic E-state index is 0.569. The van der Waals surface area contributed by atoms with Crippen LogP contribution in [-0.2, 0) is 8.37 Å². The molecule has 0 N–H and O–H groups in total. The lowest BCUT2D eigenvalue weighted by molar-refractivity contribution is 0.434. The molecular formula is C6H10O2PS2. The molecule has 0 bridgehead atoms. The van der Waals surface area contributed by atoms with Crippen LogP contribution in [0, 0.1) is 0 Å². The molecule has 63 valence electrons. The molecule has 0 spiro atoms. The van der Waals surface area contributed by atoms with Gasteiger partial charge in [0.25, 0.3) is 0 Å². The van der Waals surface area contributed by atoms with Crippen molar-refractivity contribution in [2.24, 2.45) is 0 Å². The fraction of sp³-hybridized carbons (Fsp3) is 0.333. The highest BCUT2D eigenvalue weighted by Crippen LogP contribution is 2.43. The second kappa shape index (κ2) is 10.5. The summed E-state index contributed by atoms with van der Waals surface area (Å²) in [7, 11) is 0. The Hall–Kier alpha value is 0.530. The average Bonchev–Trinajstić information content (AvgIpc) is 2.03. The van der Waals surface area contributed by atoms with Gasteiger partial charge in [-0.2, -0.15) is 0 Å². The smallest absolute Gasteiger partial charge is 0.123 e. The van der Waals surface area contributed by atoms with Crippen molar-refractivity contribution in [1.29, 1.82) is 0 Å². The molecule has 2 nitrogen and oxygen atoms in total. The highest BCUT2D eigenvalue weighted by atomic mass is 33.1. The minimum atomic E-state index is 0.569. The summed E-state index contributed by atoms with van der Waals surface area (Å²) < 4.78 is 10.0. The SMILES string of the molecule is C=CCOS[P]SOCC=C. The first-order chi connectivity index (χ1) is 5.41. The third-order valence-electron chi connectivity index (χ3n) is 0.538. The molecule has 0 saturated carbocycles. The van der Waals surface area contributed by atoms with Crippen LogP contribution in [0.5, 0.6) is 0 Å². The Morgan fingerprint density at radius 1 is 1.09 bits per heavy atom. The molecule has 0 heterocycles. The van der Waals surface area contributed by atoms with Crippen molar-refractivity contribution >= 4 is 30.3 Å². The standard InChI is InChI=1S/C6H10O2PS2/c1-3-5-7-10-9-11-8-6-4-2/h3-4H,1-2,5-6H2. The second-order valence-corrected chi connectivity index (χ2v) is 4.97. The Bertz CT molecular complexity index is 98.8. The van der Waals surface area contributed by atoms with E-state index in [1.807, 2.05) is 0 Å². The van der Waals surface area contributed by atoms with E-state index in [1.54, 1.807) is 12.2 Å². The van der Waals surface area contributed by atoms with Gasteiger partial charge in [-0.1, -0.05) is 12.2 Å². The Morgan fingerprint density at radius 2 is 1.55 bits per heavy atom. The average molecular weight is 209 g/mol. The fourth-order valence-electron chi connectivity index (χ4n) is 0.213. The molecule has 0 aromatic carbocycles. The summed E-state index contributed by atoms with van der Waals surface area (Å²) in [6, 6.07) is 0. The van der Waals surface area contributed by atoms with E-state index in [2.05, 4.69) is 13.2 Å². The lowest BCUT2D eigenvalue weighted by atomic mass is 10.7. The van der Waals surface area contributed by atoms with Gasteiger partial charge in [0.05, 0.1) is 13.2 Å². The summed E-state index contributed by atoms with van der Waals surface area (Å²) in [4.78, 5) is 0. The summed E-state index contributed by atoms with van der Waals surface area (Å²) in [5.74, 6) is 0. The van der Waals surface area contributed by atoms with Crippen LogP contribution in [0.1, 0.15) is 0 Å². The van der Waals surface area contributed by atoms with Crippen molar-refractivity contribution < 1.29 is 8.37 Å². The second-order valence-electron chi connectivity index (χ2n) is 1.37. The van der Waals surface area contributed by atoms with E-state index in [9.17, 15) is 0 Å². The predicted molar refractivity (Wildman–Crippen MR) is 54.4 cm³/mol. The van der Waals surface area contributed by atoms with Gasteiger partial charge in [-0.3, -0.25) is 0 Å². The first kappa shape index (κ1) is 11.5. The Balaban J connectivity index is 2.79. The first-order valence-corrected chi connectivity index (χ1v) is 6.50. The highest BCUT2D eigenvalue weighted by Gasteiger charge is 1.90. The van der Waals surface area contributed by atoms with Gasteiger partial charge in [-0.15, -0.1) is 13.2 Å². The van der Waals surface area contributed by atoms with Crippen LogP contribution in [0.2, 0.25) is 0 Å². The van der Waals surface area contributed by atoms with E-state index in [4.69, 9.17) is 8.37 Å². The summed E-state index contributed by atoms with van der Waals surface area (Å²) in [6.45, 7) is 9.15. The zero-order chi connectivity index (χ0) is 8.36. The van der Waals surface area contributed by atoms with Crippen molar-refractivity contribution in [1.82, 2.24) is 0 Å². The van der Waals surface area contributed by atoms with Gasteiger partial charge in [-0.05, 0) is 0 Å². The molecule has 0 aromatic rings. The Kier molecular flexibility index (Phi) is 11.0. The maximum absolute atomic E-state index is 5.02. The molecule has 0 aliphatic rings. The molecule has 0 atom stereocenters. The van der Waals surface area contributed by atoms with E-state index in [0.29, 0.717) is 13.2 Å². The lowest BCUT2D eigenvalue weighted by Gasteiger charge is -1.96. The summed E-state index contributed by atoms with van der Waals surface area (Å²) >= 11 is 2.67. The van der Waals surface area contributed by atoms with Crippen LogP contribution in [0.15, 0.2) is 25.3 Å².